The van der Waals surface area contributed by atoms with Gasteiger partial charge in [-0.3, -0.25) is 4.68 Å². The lowest BCUT2D eigenvalue weighted by Gasteiger charge is -2.23. The molecule has 6 rings (SSSR count). The van der Waals surface area contributed by atoms with E-state index >= 15 is 0 Å². The standard InChI is InChI=1S/C38H43ClFN3O5/c1-4-30-34(37(42-43(30)3)31(44)16-11-23-17-20-46-21-18-23)33-29(39)15-14-28-27(36(41-35(28)33)38(45)47-5-2)9-7-19-48-32-10-6-8-24-22-25(40)12-13-26(24)32/h6,8,10,12-15,22-23,31,41,44H,4-5,7,9,11,16-21H2,1-3H3. The van der Waals surface area contributed by atoms with Gasteiger partial charge in [-0.25, -0.2) is 9.18 Å². The van der Waals surface area contributed by atoms with E-state index in [4.69, 9.17) is 30.9 Å². The number of aromatic nitrogens is 3. The number of hydrogen-bond donors (Lipinski definition) is 2. The van der Waals surface area contributed by atoms with Crippen LogP contribution in [0.3, 0.4) is 0 Å². The monoisotopic (exact) mass is 675 g/mol. The van der Waals surface area contributed by atoms with Gasteiger partial charge in [-0.05, 0) is 99.1 Å². The first-order valence-corrected chi connectivity index (χ1v) is 17.3. The van der Waals surface area contributed by atoms with Crippen molar-refractivity contribution in [3.63, 3.8) is 0 Å². The largest absolute Gasteiger partial charge is 0.493 e. The fraction of sp³-hybridized carbons (Fsp3) is 0.421. The number of aryl methyl sites for hydroxylation is 2. The summed E-state index contributed by atoms with van der Waals surface area (Å²) < 4.78 is 32.8. The Morgan fingerprint density at radius 3 is 2.71 bits per heavy atom. The van der Waals surface area contributed by atoms with E-state index in [9.17, 15) is 14.3 Å². The van der Waals surface area contributed by atoms with E-state index in [1.165, 1.54) is 12.1 Å². The molecule has 10 heteroatoms. The first-order valence-electron chi connectivity index (χ1n) is 16.9. The Balaban J connectivity index is 1.33. The molecule has 0 spiro atoms. The number of benzene rings is 3. The lowest BCUT2D eigenvalue weighted by atomic mass is 9.90. The van der Waals surface area contributed by atoms with Crippen LogP contribution in [0.4, 0.5) is 4.39 Å². The summed E-state index contributed by atoms with van der Waals surface area (Å²) in [6.45, 7) is 5.99. The third-order valence-corrected chi connectivity index (χ3v) is 9.74. The van der Waals surface area contributed by atoms with Crippen LogP contribution in [0, 0.1) is 11.7 Å². The van der Waals surface area contributed by atoms with Crippen LogP contribution >= 0.6 is 11.6 Å². The second kappa shape index (κ2) is 15.1. The van der Waals surface area contributed by atoms with Gasteiger partial charge < -0.3 is 24.3 Å². The summed E-state index contributed by atoms with van der Waals surface area (Å²) in [5.74, 6) is 0.460. The van der Waals surface area contributed by atoms with Crippen LogP contribution < -0.4 is 4.74 Å². The maximum absolute atomic E-state index is 13.8. The molecule has 1 unspecified atom stereocenters. The first-order chi connectivity index (χ1) is 23.3. The van der Waals surface area contributed by atoms with Gasteiger partial charge in [0.05, 0.1) is 35.6 Å². The van der Waals surface area contributed by atoms with Crippen molar-refractivity contribution < 1.29 is 28.5 Å². The van der Waals surface area contributed by atoms with E-state index in [1.54, 1.807) is 13.0 Å². The third kappa shape index (κ3) is 6.95. The smallest absolute Gasteiger partial charge is 0.355 e. The number of rotatable bonds is 13. The highest BCUT2D eigenvalue weighted by molar-refractivity contribution is 6.35. The van der Waals surface area contributed by atoms with Crippen LogP contribution in [0.15, 0.2) is 48.5 Å². The highest BCUT2D eigenvalue weighted by Gasteiger charge is 2.29. The molecule has 1 aliphatic heterocycles. The zero-order valence-corrected chi connectivity index (χ0v) is 28.5. The molecule has 2 N–H and O–H groups in total. The second-order valence-electron chi connectivity index (χ2n) is 12.5. The number of carbonyl (C=O) groups excluding carboxylic acids is 1. The lowest BCUT2D eigenvalue weighted by molar-refractivity contribution is 0.0519. The van der Waals surface area contributed by atoms with Crippen LogP contribution in [-0.2, 0) is 29.4 Å². The number of ether oxygens (including phenoxy) is 3. The van der Waals surface area contributed by atoms with Crippen LogP contribution in [-0.4, -0.2) is 52.3 Å². The molecular formula is C38H43ClFN3O5. The summed E-state index contributed by atoms with van der Waals surface area (Å²) in [5.41, 5.74) is 4.95. The van der Waals surface area contributed by atoms with Gasteiger partial charge in [0, 0.05) is 47.9 Å². The molecule has 1 aliphatic rings. The molecule has 3 aromatic carbocycles. The molecule has 48 heavy (non-hydrogen) atoms. The maximum atomic E-state index is 13.8. The molecule has 1 atom stereocenters. The van der Waals surface area contributed by atoms with Gasteiger partial charge in [-0.2, -0.15) is 5.10 Å². The topological polar surface area (TPSA) is 98.6 Å². The summed E-state index contributed by atoms with van der Waals surface area (Å²) in [6, 6.07) is 14.0. The summed E-state index contributed by atoms with van der Waals surface area (Å²) in [6.07, 6.45) is 4.51. The summed E-state index contributed by atoms with van der Waals surface area (Å²) >= 11 is 6.99. The number of esters is 1. The summed E-state index contributed by atoms with van der Waals surface area (Å²) in [4.78, 5) is 16.7. The molecule has 0 amide bonds. The number of H-pyrrole nitrogens is 1. The Hall–Kier alpha value is -3.92. The van der Waals surface area contributed by atoms with E-state index in [2.05, 4.69) is 11.9 Å². The van der Waals surface area contributed by atoms with E-state index in [0.29, 0.717) is 65.9 Å². The predicted octanol–water partition coefficient (Wildman–Crippen LogP) is 8.51. The molecule has 0 saturated carbocycles. The van der Waals surface area contributed by atoms with Crippen molar-refractivity contribution in [2.24, 2.45) is 13.0 Å². The fourth-order valence-corrected chi connectivity index (χ4v) is 7.27. The Bertz CT molecular complexity index is 1910. The minimum absolute atomic E-state index is 0.234. The average Bonchev–Trinajstić information content (AvgIpc) is 3.62. The minimum atomic E-state index is -0.776. The molecule has 1 saturated heterocycles. The normalized spacial score (nSPS) is 14.5. The Morgan fingerprint density at radius 2 is 1.94 bits per heavy atom. The molecule has 8 nitrogen and oxygen atoms in total. The number of carbonyl (C=O) groups is 1. The van der Waals surface area contributed by atoms with E-state index in [-0.39, 0.29) is 12.4 Å². The summed E-state index contributed by atoms with van der Waals surface area (Å²) in [7, 11) is 1.89. The molecular weight excluding hydrogens is 633 g/mol. The molecule has 2 aromatic heterocycles. The van der Waals surface area contributed by atoms with Crippen molar-refractivity contribution >= 4 is 39.2 Å². The van der Waals surface area contributed by atoms with Crippen molar-refractivity contribution in [3.8, 4) is 16.9 Å². The number of aliphatic hydroxyl groups excluding tert-OH is 1. The molecule has 0 bridgehead atoms. The Morgan fingerprint density at radius 1 is 1.15 bits per heavy atom. The maximum Gasteiger partial charge on any atom is 0.355 e. The molecule has 0 radical (unpaired) electrons. The van der Waals surface area contributed by atoms with Crippen LogP contribution in [0.25, 0.3) is 32.8 Å². The van der Waals surface area contributed by atoms with E-state index in [1.807, 2.05) is 42.1 Å². The van der Waals surface area contributed by atoms with Crippen molar-refractivity contribution in [2.45, 2.75) is 64.9 Å². The quantitative estimate of drug-likeness (QED) is 0.0959. The van der Waals surface area contributed by atoms with Gasteiger partial charge in [0.2, 0.25) is 0 Å². The average molecular weight is 676 g/mol. The van der Waals surface area contributed by atoms with Crippen LogP contribution in [0.1, 0.15) is 79.5 Å². The van der Waals surface area contributed by atoms with Gasteiger partial charge in [0.1, 0.15) is 17.3 Å². The van der Waals surface area contributed by atoms with Crippen molar-refractivity contribution in [2.75, 3.05) is 26.4 Å². The number of hydrogen-bond acceptors (Lipinski definition) is 6. The number of halogens is 2. The SMILES string of the molecule is CCOC(=O)c1[nH]c2c(-c3c(C(O)CCC4CCOCC4)nn(C)c3CC)c(Cl)ccc2c1CCCOc1cccc2cc(F)ccc12. The molecule has 1 fully saturated rings. The van der Waals surface area contributed by atoms with E-state index in [0.717, 1.165) is 71.0 Å². The fourth-order valence-electron chi connectivity index (χ4n) is 7.02. The zero-order valence-electron chi connectivity index (χ0n) is 27.8. The zero-order chi connectivity index (χ0) is 33.8. The van der Waals surface area contributed by atoms with Gasteiger partial charge in [-0.1, -0.05) is 36.7 Å². The molecule has 254 valence electrons. The third-order valence-electron chi connectivity index (χ3n) is 9.42. The van der Waals surface area contributed by atoms with Gasteiger partial charge in [0.15, 0.2) is 0 Å². The molecule has 5 aromatic rings. The van der Waals surface area contributed by atoms with Gasteiger partial charge in [-0.15, -0.1) is 0 Å². The predicted molar refractivity (Wildman–Crippen MR) is 186 cm³/mol. The molecule has 0 aliphatic carbocycles. The number of aromatic amines is 1. The number of nitrogens with zero attached hydrogens (tertiary/aromatic N) is 2. The minimum Gasteiger partial charge on any atom is -0.493 e. The number of nitrogens with one attached hydrogen (secondary N) is 1. The van der Waals surface area contributed by atoms with Crippen molar-refractivity contribution in [1.82, 2.24) is 14.8 Å². The summed E-state index contributed by atoms with van der Waals surface area (Å²) in [5, 5.41) is 19.3. The number of aliphatic hydroxyl groups is 1. The van der Waals surface area contributed by atoms with Crippen molar-refractivity contribution in [3.05, 3.63) is 82.0 Å². The first kappa shape index (κ1) is 34.0. The van der Waals surface area contributed by atoms with Crippen LogP contribution in [0.5, 0.6) is 5.75 Å². The van der Waals surface area contributed by atoms with E-state index < -0.39 is 12.1 Å². The van der Waals surface area contributed by atoms with Gasteiger partial charge >= 0.3 is 5.97 Å². The molecule has 3 heterocycles. The van der Waals surface area contributed by atoms with Gasteiger partial charge in [0.25, 0.3) is 0 Å². The van der Waals surface area contributed by atoms with Crippen LogP contribution in [0.2, 0.25) is 5.02 Å². The number of fused-ring (bicyclic) bond motifs is 2. The highest BCUT2D eigenvalue weighted by Crippen LogP contribution is 2.43. The Labute approximate surface area is 285 Å². The van der Waals surface area contributed by atoms with Crippen molar-refractivity contribution in [1.29, 1.82) is 0 Å². The second-order valence-corrected chi connectivity index (χ2v) is 12.9. The lowest BCUT2D eigenvalue weighted by Crippen LogP contribution is -2.16. The Kier molecular flexibility index (Phi) is 10.7. The highest BCUT2D eigenvalue weighted by atomic mass is 35.5.